The summed E-state index contributed by atoms with van der Waals surface area (Å²) in [6.45, 7) is 7.26. The van der Waals surface area contributed by atoms with Gasteiger partial charge in [0.15, 0.2) is 0 Å². The summed E-state index contributed by atoms with van der Waals surface area (Å²) in [6, 6.07) is 9.16. The molecule has 1 atom stereocenters. The molecule has 0 saturated carbocycles. The van der Waals surface area contributed by atoms with Gasteiger partial charge in [0.1, 0.15) is 0 Å². The standard InChI is InChI=1S/C13H22N2/c1-4-11-5-7-12(8-6-11)13(14)9-15-10(2)3/h5-8,10,13,15H,4,9,14H2,1-3H3. The lowest BCUT2D eigenvalue weighted by Gasteiger charge is -2.15. The normalized spacial score (nSPS) is 13.1. The van der Waals surface area contributed by atoms with Crippen molar-refractivity contribution < 1.29 is 0 Å². The lowest BCUT2D eigenvalue weighted by atomic mass is 10.0. The molecule has 0 aliphatic rings. The van der Waals surface area contributed by atoms with Gasteiger partial charge < -0.3 is 11.1 Å². The molecule has 1 unspecified atom stereocenters. The number of hydrogen-bond acceptors (Lipinski definition) is 2. The first-order valence-electron chi connectivity index (χ1n) is 5.71. The van der Waals surface area contributed by atoms with Gasteiger partial charge in [-0.15, -0.1) is 0 Å². The molecule has 1 rings (SSSR count). The Morgan fingerprint density at radius 2 is 1.80 bits per heavy atom. The molecule has 2 nitrogen and oxygen atoms in total. The van der Waals surface area contributed by atoms with Gasteiger partial charge in [-0.3, -0.25) is 0 Å². The Morgan fingerprint density at radius 1 is 1.20 bits per heavy atom. The van der Waals surface area contributed by atoms with Crippen LogP contribution < -0.4 is 11.1 Å². The smallest absolute Gasteiger partial charge is 0.0421 e. The Bertz CT molecular complexity index is 277. The van der Waals surface area contributed by atoms with Crippen molar-refractivity contribution in [2.45, 2.75) is 39.3 Å². The average Bonchev–Trinajstić information content (AvgIpc) is 2.26. The summed E-state index contributed by atoms with van der Waals surface area (Å²) in [6.07, 6.45) is 1.08. The van der Waals surface area contributed by atoms with Crippen LogP contribution in [0.25, 0.3) is 0 Å². The van der Waals surface area contributed by atoms with E-state index in [-0.39, 0.29) is 6.04 Å². The number of nitrogens with one attached hydrogen (secondary N) is 1. The number of hydrogen-bond donors (Lipinski definition) is 2. The van der Waals surface area contributed by atoms with E-state index in [4.69, 9.17) is 5.73 Å². The monoisotopic (exact) mass is 206 g/mol. The molecule has 15 heavy (non-hydrogen) atoms. The lowest BCUT2D eigenvalue weighted by molar-refractivity contribution is 0.537. The van der Waals surface area contributed by atoms with E-state index < -0.39 is 0 Å². The summed E-state index contributed by atoms with van der Waals surface area (Å²) in [4.78, 5) is 0. The first-order valence-corrected chi connectivity index (χ1v) is 5.71. The van der Waals surface area contributed by atoms with Crippen LogP contribution in [0.5, 0.6) is 0 Å². The van der Waals surface area contributed by atoms with Crippen LogP contribution in [0.3, 0.4) is 0 Å². The maximum absolute atomic E-state index is 6.07. The van der Waals surface area contributed by atoms with Gasteiger partial charge in [-0.1, -0.05) is 45.0 Å². The SMILES string of the molecule is CCc1ccc(C(N)CNC(C)C)cc1. The minimum atomic E-state index is 0.0957. The number of aryl methyl sites for hydroxylation is 1. The maximum atomic E-state index is 6.07. The summed E-state index contributed by atoms with van der Waals surface area (Å²) in [5.74, 6) is 0. The van der Waals surface area contributed by atoms with Crippen LogP contribution in [-0.4, -0.2) is 12.6 Å². The van der Waals surface area contributed by atoms with Gasteiger partial charge in [-0.2, -0.15) is 0 Å². The van der Waals surface area contributed by atoms with Crippen molar-refractivity contribution in [2.75, 3.05) is 6.54 Å². The number of nitrogens with two attached hydrogens (primary N) is 1. The molecule has 0 aliphatic carbocycles. The first kappa shape index (κ1) is 12.2. The van der Waals surface area contributed by atoms with Crippen LogP contribution in [0, 0.1) is 0 Å². The zero-order valence-corrected chi connectivity index (χ0v) is 9.96. The Balaban J connectivity index is 2.54. The van der Waals surface area contributed by atoms with Crippen LogP contribution in [0.15, 0.2) is 24.3 Å². The van der Waals surface area contributed by atoms with Gasteiger partial charge in [0.2, 0.25) is 0 Å². The van der Waals surface area contributed by atoms with Crippen molar-refractivity contribution >= 4 is 0 Å². The summed E-state index contributed by atoms with van der Waals surface area (Å²) in [7, 11) is 0. The third-order valence-corrected chi connectivity index (χ3v) is 2.56. The highest BCUT2D eigenvalue weighted by Crippen LogP contribution is 2.11. The molecule has 0 fully saturated rings. The van der Waals surface area contributed by atoms with E-state index in [1.54, 1.807) is 0 Å². The van der Waals surface area contributed by atoms with Gasteiger partial charge in [0.05, 0.1) is 0 Å². The number of rotatable bonds is 5. The highest BCUT2D eigenvalue weighted by atomic mass is 14.9. The molecule has 0 heterocycles. The van der Waals surface area contributed by atoms with Crippen molar-refractivity contribution in [1.29, 1.82) is 0 Å². The number of benzene rings is 1. The van der Waals surface area contributed by atoms with Crippen LogP contribution >= 0.6 is 0 Å². The molecule has 0 radical (unpaired) electrons. The van der Waals surface area contributed by atoms with Crippen LogP contribution in [0.1, 0.15) is 37.9 Å². The van der Waals surface area contributed by atoms with Crippen molar-refractivity contribution in [1.82, 2.24) is 5.32 Å². The van der Waals surface area contributed by atoms with Crippen molar-refractivity contribution in [3.8, 4) is 0 Å². The lowest BCUT2D eigenvalue weighted by Crippen LogP contribution is -2.31. The maximum Gasteiger partial charge on any atom is 0.0421 e. The van der Waals surface area contributed by atoms with Gasteiger partial charge in [0.25, 0.3) is 0 Å². The Hall–Kier alpha value is -0.860. The first-order chi connectivity index (χ1) is 7.13. The zero-order valence-electron chi connectivity index (χ0n) is 9.96. The second-order valence-corrected chi connectivity index (χ2v) is 4.26. The summed E-state index contributed by atoms with van der Waals surface area (Å²) < 4.78 is 0. The molecule has 0 saturated heterocycles. The summed E-state index contributed by atoms with van der Waals surface area (Å²) in [5.41, 5.74) is 8.64. The van der Waals surface area contributed by atoms with E-state index in [2.05, 4.69) is 50.4 Å². The van der Waals surface area contributed by atoms with Crippen LogP contribution in [0.4, 0.5) is 0 Å². The molecule has 3 N–H and O–H groups in total. The minimum absolute atomic E-state index is 0.0957. The minimum Gasteiger partial charge on any atom is -0.323 e. The third kappa shape index (κ3) is 4.02. The Morgan fingerprint density at radius 3 is 2.27 bits per heavy atom. The van der Waals surface area contributed by atoms with E-state index >= 15 is 0 Å². The molecule has 0 aliphatic heterocycles. The van der Waals surface area contributed by atoms with E-state index in [1.807, 2.05) is 0 Å². The molecule has 0 aromatic heterocycles. The van der Waals surface area contributed by atoms with E-state index in [0.717, 1.165) is 13.0 Å². The molecule has 0 spiro atoms. The summed E-state index contributed by atoms with van der Waals surface area (Å²) >= 11 is 0. The van der Waals surface area contributed by atoms with Gasteiger partial charge in [-0.25, -0.2) is 0 Å². The Labute approximate surface area is 92.9 Å². The largest absolute Gasteiger partial charge is 0.323 e. The predicted molar refractivity (Wildman–Crippen MR) is 65.9 cm³/mol. The molecule has 1 aromatic rings. The second kappa shape index (κ2) is 5.89. The molecule has 0 amide bonds. The van der Waals surface area contributed by atoms with Gasteiger partial charge in [0, 0.05) is 18.6 Å². The fraction of sp³-hybridized carbons (Fsp3) is 0.538. The van der Waals surface area contributed by atoms with E-state index in [0.29, 0.717) is 6.04 Å². The average molecular weight is 206 g/mol. The molecule has 1 aromatic carbocycles. The highest BCUT2D eigenvalue weighted by molar-refractivity contribution is 5.24. The fourth-order valence-electron chi connectivity index (χ4n) is 1.48. The van der Waals surface area contributed by atoms with Crippen molar-refractivity contribution in [3.63, 3.8) is 0 Å². The van der Waals surface area contributed by atoms with E-state index in [1.165, 1.54) is 11.1 Å². The van der Waals surface area contributed by atoms with Gasteiger partial charge in [-0.05, 0) is 17.5 Å². The topological polar surface area (TPSA) is 38.0 Å². The second-order valence-electron chi connectivity index (χ2n) is 4.26. The van der Waals surface area contributed by atoms with Gasteiger partial charge >= 0.3 is 0 Å². The molecular formula is C13H22N2. The van der Waals surface area contributed by atoms with E-state index in [9.17, 15) is 0 Å². The molecule has 0 bridgehead atoms. The molecule has 2 heteroatoms. The highest BCUT2D eigenvalue weighted by Gasteiger charge is 2.05. The van der Waals surface area contributed by atoms with Crippen LogP contribution in [0.2, 0.25) is 0 Å². The van der Waals surface area contributed by atoms with Crippen LogP contribution in [-0.2, 0) is 6.42 Å². The zero-order chi connectivity index (χ0) is 11.3. The molecular weight excluding hydrogens is 184 g/mol. The summed E-state index contributed by atoms with van der Waals surface area (Å²) in [5, 5.41) is 3.35. The predicted octanol–water partition coefficient (Wildman–Crippen LogP) is 2.25. The third-order valence-electron chi connectivity index (χ3n) is 2.56. The fourth-order valence-corrected chi connectivity index (χ4v) is 1.48. The van der Waals surface area contributed by atoms with Crippen molar-refractivity contribution in [3.05, 3.63) is 35.4 Å². The Kier molecular flexibility index (Phi) is 4.79. The van der Waals surface area contributed by atoms with Crippen molar-refractivity contribution in [2.24, 2.45) is 5.73 Å². The molecule has 84 valence electrons. The quantitative estimate of drug-likeness (QED) is 0.775.